The molecule has 0 amide bonds. The van der Waals surface area contributed by atoms with E-state index in [2.05, 4.69) is 6.92 Å². The molecular weight excluding hydrogens is 272 g/mol. The van der Waals surface area contributed by atoms with E-state index in [1.54, 1.807) is 6.07 Å². The van der Waals surface area contributed by atoms with Crippen LogP contribution in [0.4, 0.5) is 0 Å². The second kappa shape index (κ2) is 7.02. The molecule has 3 nitrogen and oxygen atoms in total. The Kier molecular flexibility index (Phi) is 5.35. The lowest BCUT2D eigenvalue weighted by Gasteiger charge is -2.31. The van der Waals surface area contributed by atoms with Crippen LogP contribution in [-0.2, 0) is 0 Å². The van der Waals surface area contributed by atoms with Crippen molar-refractivity contribution in [2.75, 3.05) is 6.26 Å². The van der Waals surface area contributed by atoms with Gasteiger partial charge in [0.1, 0.15) is 17.4 Å². The highest BCUT2D eigenvalue weighted by Gasteiger charge is 2.27. The number of aromatic carboxylic acids is 1. The number of ether oxygens (including phenoxy) is 1. The van der Waals surface area contributed by atoms with E-state index in [0.29, 0.717) is 17.2 Å². The Morgan fingerprint density at radius 3 is 2.80 bits per heavy atom. The van der Waals surface area contributed by atoms with Gasteiger partial charge in [0.15, 0.2) is 0 Å². The number of benzene rings is 1. The predicted molar refractivity (Wildman–Crippen MR) is 81.8 cm³/mol. The highest BCUT2D eigenvalue weighted by atomic mass is 32.2. The fraction of sp³-hybridized carbons (Fsp3) is 0.562. The third-order valence-electron chi connectivity index (χ3n) is 4.06. The molecule has 1 saturated carbocycles. The fourth-order valence-corrected chi connectivity index (χ4v) is 3.56. The molecule has 1 N–H and O–H groups in total. The minimum Gasteiger partial charge on any atom is -0.489 e. The van der Waals surface area contributed by atoms with Crippen molar-refractivity contribution in [3.05, 3.63) is 23.8 Å². The fourth-order valence-electron chi connectivity index (χ4n) is 2.95. The SMILES string of the molecule is CCC1CCCCC1Oc1cccc(SC)c1C(=O)O. The van der Waals surface area contributed by atoms with Crippen LogP contribution in [0.15, 0.2) is 23.1 Å². The van der Waals surface area contributed by atoms with E-state index in [1.165, 1.54) is 31.0 Å². The third-order valence-corrected chi connectivity index (χ3v) is 4.84. The first-order chi connectivity index (χ1) is 9.67. The van der Waals surface area contributed by atoms with Crippen molar-refractivity contribution in [2.45, 2.75) is 50.0 Å². The highest BCUT2D eigenvalue weighted by molar-refractivity contribution is 7.98. The van der Waals surface area contributed by atoms with Crippen LogP contribution in [0.2, 0.25) is 0 Å². The molecule has 1 aromatic rings. The summed E-state index contributed by atoms with van der Waals surface area (Å²) in [7, 11) is 0. The summed E-state index contributed by atoms with van der Waals surface area (Å²) in [5.74, 6) is 0.159. The molecule has 0 aromatic heterocycles. The van der Waals surface area contributed by atoms with Gasteiger partial charge < -0.3 is 9.84 Å². The molecule has 0 bridgehead atoms. The van der Waals surface area contributed by atoms with Gasteiger partial charge in [-0.1, -0.05) is 19.4 Å². The zero-order valence-corrected chi connectivity index (χ0v) is 12.9. The zero-order valence-electron chi connectivity index (χ0n) is 12.1. The number of hydrogen-bond donors (Lipinski definition) is 1. The van der Waals surface area contributed by atoms with Crippen LogP contribution in [0.3, 0.4) is 0 Å². The van der Waals surface area contributed by atoms with Crippen molar-refractivity contribution >= 4 is 17.7 Å². The molecule has 110 valence electrons. The number of carboxylic acids is 1. The van der Waals surface area contributed by atoms with E-state index in [1.807, 2.05) is 18.4 Å². The summed E-state index contributed by atoms with van der Waals surface area (Å²) in [4.78, 5) is 12.3. The minimum absolute atomic E-state index is 0.156. The maximum Gasteiger partial charge on any atom is 0.340 e. The molecule has 4 heteroatoms. The van der Waals surface area contributed by atoms with Crippen molar-refractivity contribution in [1.82, 2.24) is 0 Å². The number of hydrogen-bond acceptors (Lipinski definition) is 3. The second-order valence-corrected chi connectivity index (χ2v) is 6.10. The van der Waals surface area contributed by atoms with Crippen LogP contribution in [0.1, 0.15) is 49.4 Å². The minimum atomic E-state index is -0.909. The first-order valence-electron chi connectivity index (χ1n) is 7.24. The van der Waals surface area contributed by atoms with E-state index in [0.717, 1.165) is 17.7 Å². The molecule has 1 fully saturated rings. The summed E-state index contributed by atoms with van der Waals surface area (Å²) in [6.45, 7) is 2.18. The van der Waals surface area contributed by atoms with Crippen LogP contribution in [0.25, 0.3) is 0 Å². The van der Waals surface area contributed by atoms with Gasteiger partial charge in [-0.25, -0.2) is 4.79 Å². The predicted octanol–water partition coefficient (Wildman–Crippen LogP) is 4.45. The number of rotatable bonds is 5. The van der Waals surface area contributed by atoms with Crippen molar-refractivity contribution in [1.29, 1.82) is 0 Å². The average molecular weight is 294 g/mol. The number of carboxylic acid groups (broad SMARTS) is 1. The van der Waals surface area contributed by atoms with Crippen molar-refractivity contribution < 1.29 is 14.6 Å². The average Bonchev–Trinajstić information content (AvgIpc) is 2.47. The monoisotopic (exact) mass is 294 g/mol. The lowest BCUT2D eigenvalue weighted by Crippen LogP contribution is -2.30. The normalized spacial score (nSPS) is 22.5. The standard InChI is InChI=1S/C16H22O3S/c1-3-11-7-4-5-8-12(11)19-13-9-6-10-14(20-2)15(13)16(17)18/h6,9-12H,3-5,7-8H2,1-2H3,(H,17,18). The summed E-state index contributed by atoms with van der Waals surface area (Å²) >= 11 is 1.45. The van der Waals surface area contributed by atoms with Crippen LogP contribution >= 0.6 is 11.8 Å². The molecule has 2 unspecified atom stereocenters. The molecule has 20 heavy (non-hydrogen) atoms. The van der Waals surface area contributed by atoms with Gasteiger partial charge in [0.25, 0.3) is 0 Å². The van der Waals surface area contributed by atoms with Gasteiger partial charge in [0.05, 0.1) is 0 Å². The van der Waals surface area contributed by atoms with Gasteiger partial charge in [0, 0.05) is 4.90 Å². The first kappa shape index (κ1) is 15.2. The van der Waals surface area contributed by atoms with Crippen LogP contribution in [0, 0.1) is 5.92 Å². The number of thioether (sulfide) groups is 1. The zero-order chi connectivity index (χ0) is 14.5. The van der Waals surface area contributed by atoms with E-state index >= 15 is 0 Å². The van der Waals surface area contributed by atoms with Gasteiger partial charge in [-0.15, -0.1) is 11.8 Å². The van der Waals surface area contributed by atoms with Gasteiger partial charge >= 0.3 is 5.97 Å². The number of carbonyl (C=O) groups is 1. The molecular formula is C16H22O3S. The Morgan fingerprint density at radius 2 is 2.15 bits per heavy atom. The smallest absolute Gasteiger partial charge is 0.340 e. The highest BCUT2D eigenvalue weighted by Crippen LogP contribution is 2.34. The van der Waals surface area contributed by atoms with Gasteiger partial charge in [-0.05, 0) is 50.0 Å². The quantitative estimate of drug-likeness (QED) is 0.815. The Balaban J connectivity index is 2.26. The van der Waals surface area contributed by atoms with E-state index in [4.69, 9.17) is 4.74 Å². The summed E-state index contributed by atoms with van der Waals surface area (Å²) in [6, 6.07) is 5.49. The Morgan fingerprint density at radius 1 is 1.40 bits per heavy atom. The molecule has 0 saturated heterocycles. The first-order valence-corrected chi connectivity index (χ1v) is 8.46. The maximum atomic E-state index is 11.5. The largest absolute Gasteiger partial charge is 0.489 e. The molecule has 1 aliphatic rings. The Bertz CT molecular complexity index is 473. The van der Waals surface area contributed by atoms with E-state index in [9.17, 15) is 9.90 Å². The molecule has 2 rings (SSSR count). The lowest BCUT2D eigenvalue weighted by atomic mass is 9.84. The molecule has 0 aliphatic heterocycles. The van der Waals surface area contributed by atoms with E-state index < -0.39 is 5.97 Å². The second-order valence-electron chi connectivity index (χ2n) is 5.25. The molecule has 1 aliphatic carbocycles. The van der Waals surface area contributed by atoms with E-state index in [-0.39, 0.29) is 6.10 Å². The molecule has 0 heterocycles. The van der Waals surface area contributed by atoms with Gasteiger partial charge in [-0.2, -0.15) is 0 Å². The molecule has 2 atom stereocenters. The van der Waals surface area contributed by atoms with Crippen LogP contribution < -0.4 is 4.74 Å². The van der Waals surface area contributed by atoms with Crippen LogP contribution in [-0.4, -0.2) is 23.4 Å². The van der Waals surface area contributed by atoms with Crippen molar-refractivity contribution in [3.8, 4) is 5.75 Å². The van der Waals surface area contributed by atoms with Gasteiger partial charge in [-0.3, -0.25) is 0 Å². The summed E-state index contributed by atoms with van der Waals surface area (Å²) in [6.07, 6.45) is 7.79. The summed E-state index contributed by atoms with van der Waals surface area (Å²) in [5.41, 5.74) is 0.306. The maximum absolute atomic E-state index is 11.5. The molecule has 1 aromatic carbocycles. The van der Waals surface area contributed by atoms with Gasteiger partial charge in [0.2, 0.25) is 0 Å². The lowest BCUT2D eigenvalue weighted by molar-refractivity contribution is 0.0659. The topological polar surface area (TPSA) is 46.5 Å². The van der Waals surface area contributed by atoms with Crippen LogP contribution in [0.5, 0.6) is 5.75 Å². The summed E-state index contributed by atoms with van der Waals surface area (Å²) in [5, 5.41) is 9.44. The molecule has 0 radical (unpaired) electrons. The van der Waals surface area contributed by atoms with Crippen molar-refractivity contribution in [2.24, 2.45) is 5.92 Å². The Hall–Kier alpha value is -1.16. The van der Waals surface area contributed by atoms with Crippen molar-refractivity contribution in [3.63, 3.8) is 0 Å². The summed E-state index contributed by atoms with van der Waals surface area (Å²) < 4.78 is 6.10. The third kappa shape index (κ3) is 3.29. The Labute approximate surface area is 124 Å². The molecule has 0 spiro atoms.